The summed E-state index contributed by atoms with van der Waals surface area (Å²) in [6.07, 6.45) is 1.99. The first-order valence-electron chi connectivity index (χ1n) is 6.26. The summed E-state index contributed by atoms with van der Waals surface area (Å²) in [4.78, 5) is 2.16. The van der Waals surface area contributed by atoms with Crippen molar-refractivity contribution < 1.29 is 4.74 Å². The van der Waals surface area contributed by atoms with Gasteiger partial charge >= 0.3 is 0 Å². The van der Waals surface area contributed by atoms with Crippen LogP contribution < -0.4 is 10.5 Å². The van der Waals surface area contributed by atoms with E-state index in [1.54, 1.807) is 0 Å². The average molecular weight is 236 g/mol. The number of rotatable bonds is 7. The Morgan fingerprint density at radius 3 is 2.76 bits per heavy atom. The molecule has 0 heterocycles. The molecule has 0 spiro atoms. The van der Waals surface area contributed by atoms with Gasteiger partial charge in [-0.25, -0.2) is 0 Å². The molecule has 0 radical (unpaired) electrons. The van der Waals surface area contributed by atoms with Crippen LogP contribution in [0.2, 0.25) is 0 Å². The molecule has 0 aliphatic carbocycles. The van der Waals surface area contributed by atoms with Crippen LogP contribution in [0.3, 0.4) is 0 Å². The van der Waals surface area contributed by atoms with Gasteiger partial charge in [0.15, 0.2) is 0 Å². The molecule has 0 amide bonds. The van der Waals surface area contributed by atoms with Gasteiger partial charge in [-0.3, -0.25) is 0 Å². The average Bonchev–Trinajstić information content (AvgIpc) is 2.34. The van der Waals surface area contributed by atoms with Crippen molar-refractivity contribution in [3.8, 4) is 5.75 Å². The molecule has 2 N–H and O–H groups in total. The summed E-state index contributed by atoms with van der Waals surface area (Å²) in [6, 6.07) is 8.21. The second-order valence-corrected chi connectivity index (χ2v) is 4.59. The van der Waals surface area contributed by atoms with Crippen LogP contribution in [-0.4, -0.2) is 32.1 Å². The molecular formula is C14H24N2O. The van der Waals surface area contributed by atoms with Gasteiger partial charge in [-0.2, -0.15) is 0 Å². The maximum absolute atomic E-state index is 6.00. The van der Waals surface area contributed by atoms with E-state index in [9.17, 15) is 0 Å². The number of hydrogen-bond acceptors (Lipinski definition) is 3. The van der Waals surface area contributed by atoms with E-state index in [-0.39, 0.29) is 6.04 Å². The predicted octanol–water partition coefficient (Wildman–Crippen LogP) is 2.43. The quantitative estimate of drug-likeness (QED) is 0.739. The lowest BCUT2D eigenvalue weighted by atomic mass is 10.1. The van der Waals surface area contributed by atoms with Gasteiger partial charge in [0, 0.05) is 12.6 Å². The van der Waals surface area contributed by atoms with Crippen LogP contribution in [0, 0.1) is 0 Å². The Hall–Kier alpha value is -1.06. The summed E-state index contributed by atoms with van der Waals surface area (Å²) in [5.74, 6) is 0.921. The van der Waals surface area contributed by atoms with Crippen LogP contribution in [0.15, 0.2) is 24.3 Å². The minimum absolute atomic E-state index is 0.111. The van der Waals surface area contributed by atoms with Crippen molar-refractivity contribution in [3.63, 3.8) is 0 Å². The first-order chi connectivity index (χ1) is 8.13. The van der Waals surface area contributed by atoms with Crippen molar-refractivity contribution in [1.29, 1.82) is 0 Å². The number of benzene rings is 1. The lowest BCUT2D eigenvalue weighted by Gasteiger charge is -2.13. The molecule has 96 valence electrons. The van der Waals surface area contributed by atoms with Gasteiger partial charge in [-0.15, -0.1) is 0 Å². The number of nitrogens with zero attached hydrogens (tertiary/aromatic N) is 1. The highest BCUT2D eigenvalue weighted by atomic mass is 16.5. The first kappa shape index (κ1) is 14.0. The zero-order chi connectivity index (χ0) is 12.7. The lowest BCUT2D eigenvalue weighted by Crippen LogP contribution is -2.15. The summed E-state index contributed by atoms with van der Waals surface area (Å²) in [5.41, 5.74) is 7.15. The number of nitrogens with two attached hydrogens (primary N) is 1. The molecule has 0 aliphatic heterocycles. The molecule has 3 nitrogen and oxygen atoms in total. The highest BCUT2D eigenvalue weighted by Gasteiger charge is 2.04. The zero-order valence-corrected chi connectivity index (χ0v) is 11.1. The molecule has 0 fully saturated rings. The monoisotopic (exact) mass is 236 g/mol. The van der Waals surface area contributed by atoms with Crippen molar-refractivity contribution in [2.24, 2.45) is 5.73 Å². The molecule has 17 heavy (non-hydrogen) atoms. The van der Waals surface area contributed by atoms with Gasteiger partial charge in [-0.1, -0.05) is 19.1 Å². The molecule has 1 aromatic rings. The second-order valence-electron chi connectivity index (χ2n) is 4.59. The topological polar surface area (TPSA) is 38.5 Å². The molecule has 1 unspecified atom stereocenters. The summed E-state index contributed by atoms with van der Waals surface area (Å²) in [5, 5.41) is 0. The standard InChI is InChI=1S/C14H24N2O/c1-4-14(15)12-7-5-8-13(11-12)17-10-6-9-16(2)3/h5,7-8,11,14H,4,6,9-10,15H2,1-3H3. The SMILES string of the molecule is CCC(N)c1cccc(OCCCN(C)C)c1. The van der Waals surface area contributed by atoms with Crippen molar-refractivity contribution in [2.45, 2.75) is 25.8 Å². The summed E-state index contributed by atoms with van der Waals surface area (Å²) < 4.78 is 5.71. The van der Waals surface area contributed by atoms with Gasteiger partial charge < -0.3 is 15.4 Å². The second kappa shape index (κ2) is 7.30. The normalized spacial score (nSPS) is 12.8. The molecular weight excluding hydrogens is 212 g/mol. The minimum Gasteiger partial charge on any atom is -0.494 e. The third-order valence-electron chi connectivity index (χ3n) is 2.74. The zero-order valence-electron chi connectivity index (χ0n) is 11.1. The van der Waals surface area contributed by atoms with E-state index in [1.165, 1.54) is 0 Å². The van der Waals surface area contributed by atoms with Crippen LogP contribution in [-0.2, 0) is 0 Å². The highest BCUT2D eigenvalue weighted by molar-refractivity contribution is 5.30. The van der Waals surface area contributed by atoms with Gasteiger partial charge in [0.25, 0.3) is 0 Å². The Kier molecular flexibility index (Phi) is 6.01. The van der Waals surface area contributed by atoms with Crippen LogP contribution in [0.25, 0.3) is 0 Å². The highest BCUT2D eigenvalue weighted by Crippen LogP contribution is 2.19. The third kappa shape index (κ3) is 5.20. The summed E-state index contributed by atoms with van der Waals surface area (Å²) in [6.45, 7) is 3.90. The van der Waals surface area contributed by atoms with E-state index in [0.717, 1.165) is 37.3 Å². The predicted molar refractivity (Wildman–Crippen MR) is 72.3 cm³/mol. The summed E-state index contributed by atoms with van der Waals surface area (Å²) >= 11 is 0. The molecule has 0 saturated carbocycles. The molecule has 0 bridgehead atoms. The van der Waals surface area contributed by atoms with E-state index in [0.29, 0.717) is 0 Å². The molecule has 3 heteroatoms. The fraction of sp³-hybridized carbons (Fsp3) is 0.571. The minimum atomic E-state index is 0.111. The fourth-order valence-electron chi connectivity index (χ4n) is 1.64. The van der Waals surface area contributed by atoms with Crippen LogP contribution >= 0.6 is 0 Å². The Morgan fingerprint density at radius 2 is 2.12 bits per heavy atom. The molecule has 0 aliphatic rings. The Balaban J connectivity index is 2.43. The smallest absolute Gasteiger partial charge is 0.119 e. The molecule has 1 aromatic carbocycles. The van der Waals surface area contributed by atoms with E-state index >= 15 is 0 Å². The van der Waals surface area contributed by atoms with E-state index in [2.05, 4.69) is 32.0 Å². The number of hydrogen-bond donors (Lipinski definition) is 1. The molecule has 1 rings (SSSR count). The van der Waals surface area contributed by atoms with E-state index in [4.69, 9.17) is 10.5 Å². The molecule has 0 saturated heterocycles. The van der Waals surface area contributed by atoms with Crippen molar-refractivity contribution in [3.05, 3.63) is 29.8 Å². The van der Waals surface area contributed by atoms with E-state index < -0.39 is 0 Å². The van der Waals surface area contributed by atoms with Gasteiger partial charge in [-0.05, 0) is 44.6 Å². The lowest BCUT2D eigenvalue weighted by molar-refractivity contribution is 0.281. The summed E-state index contributed by atoms with van der Waals surface area (Å²) in [7, 11) is 4.14. The maximum Gasteiger partial charge on any atom is 0.119 e. The molecule has 0 aromatic heterocycles. The van der Waals surface area contributed by atoms with Crippen molar-refractivity contribution >= 4 is 0 Å². The largest absolute Gasteiger partial charge is 0.494 e. The van der Waals surface area contributed by atoms with Crippen LogP contribution in [0.1, 0.15) is 31.4 Å². The van der Waals surface area contributed by atoms with Crippen LogP contribution in [0.4, 0.5) is 0 Å². The first-order valence-corrected chi connectivity index (χ1v) is 6.26. The third-order valence-corrected chi connectivity index (χ3v) is 2.74. The fourth-order valence-corrected chi connectivity index (χ4v) is 1.64. The van der Waals surface area contributed by atoms with Crippen LogP contribution in [0.5, 0.6) is 5.75 Å². The van der Waals surface area contributed by atoms with Crippen molar-refractivity contribution in [2.75, 3.05) is 27.2 Å². The van der Waals surface area contributed by atoms with Gasteiger partial charge in [0.1, 0.15) is 5.75 Å². The number of ether oxygens (including phenoxy) is 1. The Morgan fingerprint density at radius 1 is 1.35 bits per heavy atom. The van der Waals surface area contributed by atoms with Gasteiger partial charge in [0.05, 0.1) is 6.61 Å². The molecule has 1 atom stereocenters. The van der Waals surface area contributed by atoms with Gasteiger partial charge in [0.2, 0.25) is 0 Å². The van der Waals surface area contributed by atoms with E-state index in [1.807, 2.05) is 18.2 Å². The Labute approximate surface area is 105 Å². The maximum atomic E-state index is 6.00. The Bertz CT molecular complexity index is 326. The van der Waals surface area contributed by atoms with Crippen molar-refractivity contribution in [1.82, 2.24) is 4.90 Å².